The van der Waals surface area contributed by atoms with E-state index < -0.39 is 29.6 Å². The van der Waals surface area contributed by atoms with Gasteiger partial charge in [-0.2, -0.15) is 0 Å². The van der Waals surface area contributed by atoms with E-state index >= 15 is 0 Å². The Labute approximate surface area is 142 Å². The fraction of sp³-hybridized carbons (Fsp3) is 0.353. The Hall–Kier alpha value is -2.61. The molecule has 1 heterocycles. The van der Waals surface area contributed by atoms with Gasteiger partial charge in [-0.3, -0.25) is 0 Å². The molecule has 4 N–H and O–H groups in total. The largest absolute Gasteiger partial charge is 0.478 e. The molecule has 1 aliphatic rings. The molecule has 8 heteroatoms. The van der Waals surface area contributed by atoms with Gasteiger partial charge in [-0.25, -0.2) is 23.5 Å². The van der Waals surface area contributed by atoms with Crippen molar-refractivity contribution in [2.75, 3.05) is 5.73 Å². The molecule has 0 aliphatic heterocycles. The second-order valence-corrected chi connectivity index (χ2v) is 6.12. The van der Waals surface area contributed by atoms with Crippen LogP contribution in [0.25, 0.3) is 11.3 Å². The lowest BCUT2D eigenvalue weighted by molar-refractivity contribution is 0.0363. The molecule has 132 valence electrons. The minimum atomic E-state index is -1.37. The predicted molar refractivity (Wildman–Crippen MR) is 86.3 cm³/mol. The number of hydrogen-bond donors (Lipinski definition) is 3. The zero-order valence-electron chi connectivity index (χ0n) is 13.2. The van der Waals surface area contributed by atoms with Crippen molar-refractivity contribution in [2.45, 2.75) is 37.5 Å². The molecule has 6 nitrogen and oxygen atoms in total. The van der Waals surface area contributed by atoms with Crippen LogP contribution in [0.15, 0.2) is 24.4 Å². The molecular formula is C17H17F2N3O3. The fourth-order valence-corrected chi connectivity index (χ4v) is 3.03. The predicted octanol–water partition coefficient (Wildman–Crippen LogP) is 2.53. The summed E-state index contributed by atoms with van der Waals surface area (Å²) < 4.78 is 27.7. The van der Waals surface area contributed by atoms with E-state index in [0.29, 0.717) is 24.1 Å². The Bertz CT molecular complexity index is 816. The Morgan fingerprint density at radius 1 is 1.32 bits per heavy atom. The number of aliphatic hydroxyl groups is 1. The number of benzene rings is 1. The second kappa shape index (κ2) is 6.72. The SMILES string of the molecule is Nc1ncc([C@@H]2CC[C@@H](O)[C@@H](F)C2)nc1-c1ccc(C(=O)O)c(F)c1. The van der Waals surface area contributed by atoms with Crippen molar-refractivity contribution in [1.82, 2.24) is 9.97 Å². The number of carbonyl (C=O) groups is 1. The summed E-state index contributed by atoms with van der Waals surface area (Å²) in [6.07, 6.45) is 0.187. The summed E-state index contributed by atoms with van der Waals surface area (Å²) in [7, 11) is 0. The van der Waals surface area contributed by atoms with Gasteiger partial charge in [0.05, 0.1) is 23.6 Å². The number of aliphatic hydroxyl groups excluding tert-OH is 1. The van der Waals surface area contributed by atoms with Crippen LogP contribution in [0.5, 0.6) is 0 Å². The molecule has 1 aliphatic carbocycles. The third-order valence-electron chi connectivity index (χ3n) is 4.45. The van der Waals surface area contributed by atoms with Crippen LogP contribution in [-0.2, 0) is 0 Å². The summed E-state index contributed by atoms with van der Waals surface area (Å²) in [6.45, 7) is 0. The lowest BCUT2D eigenvalue weighted by Gasteiger charge is -2.28. The number of alkyl halides is 1. The van der Waals surface area contributed by atoms with Crippen LogP contribution in [0, 0.1) is 5.82 Å². The zero-order chi connectivity index (χ0) is 18.1. The monoisotopic (exact) mass is 349 g/mol. The van der Waals surface area contributed by atoms with Crippen molar-refractivity contribution in [3.05, 3.63) is 41.5 Å². The number of halogens is 2. The van der Waals surface area contributed by atoms with Gasteiger partial charge in [-0.05, 0) is 31.4 Å². The normalized spacial score (nSPS) is 23.4. The van der Waals surface area contributed by atoms with E-state index in [0.717, 1.165) is 12.1 Å². The minimum Gasteiger partial charge on any atom is -0.478 e. The maximum absolute atomic E-state index is 13.9. The number of nitrogen functional groups attached to an aromatic ring is 1. The van der Waals surface area contributed by atoms with Gasteiger partial charge in [0, 0.05) is 11.5 Å². The first-order valence-corrected chi connectivity index (χ1v) is 7.84. The Kier molecular flexibility index (Phi) is 4.63. The molecule has 0 amide bonds. The summed E-state index contributed by atoms with van der Waals surface area (Å²) in [5.74, 6) is -2.42. The molecule has 25 heavy (non-hydrogen) atoms. The summed E-state index contributed by atoms with van der Waals surface area (Å²) in [5.41, 5.74) is 6.40. The Morgan fingerprint density at radius 2 is 2.08 bits per heavy atom. The van der Waals surface area contributed by atoms with Crippen LogP contribution in [0.2, 0.25) is 0 Å². The third kappa shape index (κ3) is 3.43. The average molecular weight is 349 g/mol. The van der Waals surface area contributed by atoms with E-state index in [4.69, 9.17) is 10.8 Å². The van der Waals surface area contributed by atoms with Gasteiger partial charge in [0.25, 0.3) is 0 Å². The van der Waals surface area contributed by atoms with Gasteiger partial charge in [-0.15, -0.1) is 0 Å². The smallest absolute Gasteiger partial charge is 0.338 e. The molecule has 3 atom stereocenters. The molecule has 0 bridgehead atoms. The number of carboxylic acid groups (broad SMARTS) is 1. The fourth-order valence-electron chi connectivity index (χ4n) is 3.03. The van der Waals surface area contributed by atoms with Gasteiger partial charge in [0.1, 0.15) is 23.5 Å². The van der Waals surface area contributed by atoms with Crippen LogP contribution in [-0.4, -0.2) is 38.4 Å². The van der Waals surface area contributed by atoms with E-state index in [1.807, 2.05) is 0 Å². The van der Waals surface area contributed by atoms with E-state index in [2.05, 4.69) is 9.97 Å². The molecule has 0 unspecified atom stereocenters. The van der Waals surface area contributed by atoms with Crippen LogP contribution in [0.4, 0.5) is 14.6 Å². The highest BCUT2D eigenvalue weighted by atomic mass is 19.1. The standard InChI is InChI=1S/C17H17F2N3O3/c18-11-6-9(1-3-10(11)17(24)25)15-16(20)21-7-13(22-15)8-2-4-14(23)12(19)5-8/h1,3,6-8,12,14,23H,2,4-5H2,(H2,20,21)(H,24,25)/t8-,12+,14-/m1/s1. The molecule has 0 saturated heterocycles. The number of rotatable bonds is 3. The molecule has 2 aromatic rings. The van der Waals surface area contributed by atoms with Crippen LogP contribution >= 0.6 is 0 Å². The summed E-state index contributed by atoms with van der Waals surface area (Å²) in [4.78, 5) is 19.4. The Balaban J connectivity index is 1.95. The summed E-state index contributed by atoms with van der Waals surface area (Å²) in [6, 6.07) is 3.57. The molecular weight excluding hydrogens is 332 g/mol. The lowest BCUT2D eigenvalue weighted by atomic mass is 9.84. The van der Waals surface area contributed by atoms with Crippen LogP contribution in [0.1, 0.15) is 41.2 Å². The number of anilines is 1. The molecule has 1 saturated carbocycles. The quantitative estimate of drug-likeness (QED) is 0.785. The number of aromatic carboxylic acids is 1. The number of nitrogens with two attached hydrogens (primary N) is 1. The number of carboxylic acids is 1. The van der Waals surface area contributed by atoms with Gasteiger partial charge in [0.15, 0.2) is 0 Å². The minimum absolute atomic E-state index is 0.0684. The molecule has 0 radical (unpaired) electrons. The summed E-state index contributed by atoms with van der Waals surface area (Å²) >= 11 is 0. The van der Waals surface area contributed by atoms with Crippen molar-refractivity contribution in [3.63, 3.8) is 0 Å². The number of hydrogen-bond acceptors (Lipinski definition) is 5. The van der Waals surface area contributed by atoms with E-state index in [1.165, 1.54) is 12.3 Å². The maximum atomic E-state index is 13.9. The second-order valence-electron chi connectivity index (χ2n) is 6.12. The number of aromatic nitrogens is 2. The van der Waals surface area contributed by atoms with E-state index in [1.54, 1.807) is 0 Å². The first-order valence-electron chi connectivity index (χ1n) is 7.84. The lowest BCUT2D eigenvalue weighted by Crippen LogP contribution is -2.30. The first-order chi connectivity index (χ1) is 11.9. The average Bonchev–Trinajstić information content (AvgIpc) is 2.57. The summed E-state index contributed by atoms with van der Waals surface area (Å²) in [5, 5.41) is 18.4. The van der Waals surface area contributed by atoms with E-state index in [-0.39, 0.29) is 23.9 Å². The molecule has 1 aromatic carbocycles. The Morgan fingerprint density at radius 3 is 2.72 bits per heavy atom. The highest BCUT2D eigenvalue weighted by Gasteiger charge is 2.31. The van der Waals surface area contributed by atoms with E-state index in [9.17, 15) is 18.7 Å². The van der Waals surface area contributed by atoms with Crippen LogP contribution in [0.3, 0.4) is 0 Å². The van der Waals surface area contributed by atoms with Crippen molar-refractivity contribution in [2.24, 2.45) is 0 Å². The molecule has 3 rings (SSSR count). The van der Waals surface area contributed by atoms with Gasteiger partial charge >= 0.3 is 5.97 Å². The molecule has 0 spiro atoms. The number of nitrogens with zero attached hydrogens (tertiary/aromatic N) is 2. The first kappa shape index (κ1) is 17.2. The van der Waals surface area contributed by atoms with Gasteiger partial charge < -0.3 is 15.9 Å². The van der Waals surface area contributed by atoms with Crippen LogP contribution < -0.4 is 5.73 Å². The molecule has 1 fully saturated rings. The van der Waals surface area contributed by atoms with Crippen molar-refractivity contribution >= 4 is 11.8 Å². The van der Waals surface area contributed by atoms with Gasteiger partial charge in [-0.1, -0.05) is 6.07 Å². The van der Waals surface area contributed by atoms with Gasteiger partial charge in [0.2, 0.25) is 0 Å². The topological polar surface area (TPSA) is 109 Å². The molecule has 1 aromatic heterocycles. The third-order valence-corrected chi connectivity index (χ3v) is 4.45. The zero-order valence-corrected chi connectivity index (χ0v) is 13.2. The highest BCUT2D eigenvalue weighted by Crippen LogP contribution is 2.35. The maximum Gasteiger partial charge on any atom is 0.338 e. The van der Waals surface area contributed by atoms with Crippen molar-refractivity contribution < 1.29 is 23.8 Å². The van der Waals surface area contributed by atoms with Crippen molar-refractivity contribution in [3.8, 4) is 11.3 Å². The van der Waals surface area contributed by atoms with Crippen molar-refractivity contribution in [1.29, 1.82) is 0 Å². The highest BCUT2D eigenvalue weighted by molar-refractivity contribution is 5.88.